The van der Waals surface area contributed by atoms with Crippen molar-refractivity contribution in [1.82, 2.24) is 4.72 Å². The number of aliphatic hydroxyl groups excluding tert-OH is 1. The summed E-state index contributed by atoms with van der Waals surface area (Å²) in [5, 5.41) is 12.0. The van der Waals surface area contributed by atoms with Crippen LogP contribution in [0, 0.1) is 5.92 Å². The first-order valence-corrected chi connectivity index (χ1v) is 11.7. The zero-order valence-corrected chi connectivity index (χ0v) is 16.9. The van der Waals surface area contributed by atoms with Crippen LogP contribution in [0.1, 0.15) is 44.9 Å². The van der Waals surface area contributed by atoms with Crippen LogP contribution in [0.4, 0.5) is 0 Å². The molecule has 0 amide bonds. The van der Waals surface area contributed by atoms with Crippen molar-refractivity contribution in [3.8, 4) is 0 Å². The highest BCUT2D eigenvalue weighted by Crippen LogP contribution is 2.32. The van der Waals surface area contributed by atoms with Gasteiger partial charge in [-0.1, -0.05) is 42.8 Å². The fourth-order valence-electron chi connectivity index (χ4n) is 4.52. The van der Waals surface area contributed by atoms with E-state index in [4.69, 9.17) is 4.99 Å². The molecule has 3 atom stereocenters. The maximum absolute atomic E-state index is 12.8. The molecule has 1 fully saturated rings. The summed E-state index contributed by atoms with van der Waals surface area (Å²) in [6.45, 7) is 0.0103. The van der Waals surface area contributed by atoms with Crippen molar-refractivity contribution in [2.45, 2.75) is 62.0 Å². The summed E-state index contributed by atoms with van der Waals surface area (Å²) in [4.78, 5) is 5.12. The summed E-state index contributed by atoms with van der Waals surface area (Å²) < 4.78 is 28.1. The number of aliphatic hydroxyl groups is 1. The fourth-order valence-corrected chi connectivity index (χ4v) is 5.82. The lowest BCUT2D eigenvalue weighted by atomic mass is 9.80. The van der Waals surface area contributed by atoms with E-state index in [2.05, 4.69) is 4.72 Å². The van der Waals surface area contributed by atoms with E-state index in [0.29, 0.717) is 17.7 Å². The molecule has 2 N–H and O–H groups in total. The highest BCUT2D eigenvalue weighted by molar-refractivity contribution is 7.89. The van der Waals surface area contributed by atoms with Gasteiger partial charge in [0.2, 0.25) is 10.0 Å². The number of aliphatic imine (C=N–C) groups is 1. The molecule has 1 heterocycles. The van der Waals surface area contributed by atoms with Gasteiger partial charge in [-0.05, 0) is 55.9 Å². The second kappa shape index (κ2) is 8.31. The Kier molecular flexibility index (Phi) is 5.80. The van der Waals surface area contributed by atoms with Crippen LogP contribution in [0.25, 0.3) is 10.8 Å². The van der Waals surface area contributed by atoms with Crippen molar-refractivity contribution >= 4 is 26.5 Å². The minimum Gasteiger partial charge on any atom is -0.392 e. The number of nitrogens with zero attached hydrogens (tertiary/aromatic N) is 1. The van der Waals surface area contributed by atoms with Crippen LogP contribution in [0.5, 0.6) is 0 Å². The molecule has 0 radical (unpaired) electrons. The second-order valence-corrected chi connectivity index (χ2v) is 9.75. The van der Waals surface area contributed by atoms with Crippen LogP contribution in [0.3, 0.4) is 0 Å². The summed E-state index contributed by atoms with van der Waals surface area (Å²) in [7, 11) is -3.69. The third kappa shape index (κ3) is 4.29. The first-order chi connectivity index (χ1) is 13.5. The van der Waals surface area contributed by atoms with Gasteiger partial charge in [0.1, 0.15) is 0 Å². The normalized spacial score (nSPS) is 23.8. The Labute approximate surface area is 166 Å². The van der Waals surface area contributed by atoms with Gasteiger partial charge in [0.25, 0.3) is 0 Å². The number of hydrogen-bond acceptors (Lipinski definition) is 4. The van der Waals surface area contributed by atoms with E-state index in [-0.39, 0.29) is 17.5 Å². The number of nitrogens with one attached hydrogen (secondary N) is 1. The molecular weight excluding hydrogens is 372 g/mol. The minimum atomic E-state index is -3.69. The van der Waals surface area contributed by atoms with Crippen molar-refractivity contribution in [3.05, 3.63) is 42.5 Å². The van der Waals surface area contributed by atoms with Gasteiger partial charge in [-0.3, -0.25) is 4.99 Å². The first-order valence-electron chi connectivity index (χ1n) is 10.2. The lowest BCUT2D eigenvalue weighted by Gasteiger charge is -2.32. The third-order valence-electron chi connectivity index (χ3n) is 6.00. The smallest absolute Gasteiger partial charge is 0.241 e. The Morgan fingerprint density at radius 1 is 1.07 bits per heavy atom. The summed E-state index contributed by atoms with van der Waals surface area (Å²) in [5.41, 5.74) is 1.33. The Balaban J connectivity index is 1.39. The summed E-state index contributed by atoms with van der Waals surface area (Å²) >= 11 is 0. The fraction of sp³-hybridized carbons (Fsp3) is 0.500. The van der Waals surface area contributed by atoms with Crippen molar-refractivity contribution in [2.75, 3.05) is 6.54 Å². The molecule has 1 saturated carbocycles. The largest absolute Gasteiger partial charge is 0.392 e. The van der Waals surface area contributed by atoms with Gasteiger partial charge in [-0.25, -0.2) is 13.1 Å². The van der Waals surface area contributed by atoms with E-state index in [1.807, 2.05) is 24.3 Å². The molecule has 1 aliphatic carbocycles. The Morgan fingerprint density at radius 2 is 1.89 bits per heavy atom. The van der Waals surface area contributed by atoms with E-state index in [0.717, 1.165) is 24.6 Å². The molecule has 150 valence electrons. The quantitative estimate of drug-likeness (QED) is 0.777. The van der Waals surface area contributed by atoms with Gasteiger partial charge in [0, 0.05) is 17.6 Å². The van der Waals surface area contributed by atoms with Gasteiger partial charge < -0.3 is 5.11 Å². The predicted molar refractivity (Wildman–Crippen MR) is 112 cm³/mol. The number of hydrogen-bond donors (Lipinski definition) is 2. The van der Waals surface area contributed by atoms with Crippen LogP contribution >= 0.6 is 0 Å². The number of sulfonamides is 1. The zero-order chi connectivity index (χ0) is 19.6. The van der Waals surface area contributed by atoms with Crippen molar-refractivity contribution in [1.29, 1.82) is 0 Å². The average Bonchev–Trinajstić information content (AvgIpc) is 2.72. The van der Waals surface area contributed by atoms with Crippen LogP contribution < -0.4 is 4.72 Å². The maximum Gasteiger partial charge on any atom is 0.241 e. The Bertz CT molecular complexity index is 965. The molecule has 0 spiro atoms. The Hall–Kier alpha value is -1.76. The molecule has 4 rings (SSSR count). The van der Waals surface area contributed by atoms with Gasteiger partial charge >= 0.3 is 0 Å². The van der Waals surface area contributed by atoms with E-state index >= 15 is 0 Å². The van der Waals surface area contributed by atoms with E-state index in [1.54, 1.807) is 18.2 Å². The number of benzene rings is 2. The molecule has 0 aromatic heterocycles. The average molecular weight is 401 g/mol. The van der Waals surface area contributed by atoms with Crippen molar-refractivity contribution in [2.24, 2.45) is 10.9 Å². The molecule has 2 aromatic rings. The lowest BCUT2D eigenvalue weighted by Crippen LogP contribution is -2.35. The number of fused-ring (bicyclic) bond motifs is 2. The van der Waals surface area contributed by atoms with Crippen LogP contribution in [-0.4, -0.2) is 37.9 Å². The third-order valence-corrected chi connectivity index (χ3v) is 7.48. The molecule has 5 nitrogen and oxygen atoms in total. The SMILES string of the molecule is O=S(=O)(NC[C@H](O)CC1CCC2CCCCC2=N1)c1cccc2ccccc12. The van der Waals surface area contributed by atoms with Crippen molar-refractivity contribution in [3.63, 3.8) is 0 Å². The minimum absolute atomic E-state index is 0.0103. The molecule has 0 bridgehead atoms. The lowest BCUT2D eigenvalue weighted by molar-refractivity contribution is 0.155. The second-order valence-electron chi connectivity index (χ2n) is 8.01. The highest BCUT2D eigenvalue weighted by atomic mass is 32.2. The van der Waals surface area contributed by atoms with E-state index < -0.39 is 16.1 Å². The first kappa shape index (κ1) is 19.6. The van der Waals surface area contributed by atoms with E-state index in [9.17, 15) is 13.5 Å². The molecule has 2 aromatic carbocycles. The monoisotopic (exact) mass is 400 g/mol. The predicted octanol–water partition coefficient (Wildman–Crippen LogP) is 3.66. The van der Waals surface area contributed by atoms with Gasteiger partial charge in [0.05, 0.1) is 17.0 Å². The summed E-state index contributed by atoms with van der Waals surface area (Å²) in [6.07, 6.45) is 6.76. The van der Waals surface area contributed by atoms with Crippen LogP contribution in [-0.2, 0) is 10.0 Å². The molecule has 28 heavy (non-hydrogen) atoms. The molecule has 6 heteroatoms. The Morgan fingerprint density at radius 3 is 2.79 bits per heavy atom. The van der Waals surface area contributed by atoms with Gasteiger partial charge in [0.15, 0.2) is 0 Å². The molecule has 1 aliphatic heterocycles. The van der Waals surface area contributed by atoms with E-state index in [1.165, 1.54) is 25.0 Å². The van der Waals surface area contributed by atoms with Crippen molar-refractivity contribution < 1.29 is 13.5 Å². The molecule has 0 saturated heterocycles. The summed E-state index contributed by atoms with van der Waals surface area (Å²) in [5.74, 6) is 0.645. The molecule has 2 aliphatic rings. The van der Waals surface area contributed by atoms with Crippen LogP contribution in [0.2, 0.25) is 0 Å². The maximum atomic E-state index is 12.8. The summed E-state index contributed by atoms with van der Waals surface area (Å²) in [6, 6.07) is 12.8. The standard InChI is InChI=1S/C22H28N2O3S/c25-19(14-18-13-12-17-7-2-4-10-21(17)24-18)15-23-28(26,27)22-11-5-8-16-6-1-3-9-20(16)22/h1,3,5-6,8-9,11,17-19,23,25H,2,4,7,10,12-15H2/t17?,18?,19-/m1/s1. The van der Waals surface area contributed by atoms with Crippen LogP contribution in [0.15, 0.2) is 52.4 Å². The molecular formula is C22H28N2O3S. The molecule has 2 unspecified atom stereocenters. The zero-order valence-electron chi connectivity index (χ0n) is 16.0. The van der Waals surface area contributed by atoms with Gasteiger partial charge in [-0.2, -0.15) is 0 Å². The number of rotatable bonds is 6. The topological polar surface area (TPSA) is 78.8 Å². The highest BCUT2D eigenvalue weighted by Gasteiger charge is 2.28. The van der Waals surface area contributed by atoms with Gasteiger partial charge in [-0.15, -0.1) is 0 Å².